The van der Waals surface area contributed by atoms with Gasteiger partial charge < -0.3 is 0 Å². The van der Waals surface area contributed by atoms with Gasteiger partial charge in [-0.15, -0.1) is 0 Å². The van der Waals surface area contributed by atoms with E-state index in [4.69, 9.17) is 12.2 Å². The summed E-state index contributed by atoms with van der Waals surface area (Å²) in [7, 11) is 0. The molecule has 1 saturated heterocycles. The summed E-state index contributed by atoms with van der Waals surface area (Å²) in [6.45, 7) is 1.99. The Balaban J connectivity index is 1.82. The van der Waals surface area contributed by atoms with Crippen molar-refractivity contribution in [2.24, 2.45) is 0 Å². The number of amides is 1. The van der Waals surface area contributed by atoms with Gasteiger partial charge in [0.2, 0.25) is 0 Å². The number of aryl methyl sites for hydroxylation is 1. The van der Waals surface area contributed by atoms with Gasteiger partial charge in [0, 0.05) is 5.56 Å². The van der Waals surface area contributed by atoms with Crippen LogP contribution in [0.25, 0.3) is 6.08 Å². The van der Waals surface area contributed by atoms with Crippen molar-refractivity contribution in [3.63, 3.8) is 0 Å². The third-order valence-electron chi connectivity index (χ3n) is 3.28. The molecule has 6 heteroatoms. The maximum Gasteiger partial charge on any atom is 0.285 e. The van der Waals surface area contributed by atoms with Gasteiger partial charge in [0.1, 0.15) is 5.82 Å². The number of nitrogens with one attached hydrogen (secondary N) is 1. The lowest BCUT2D eigenvalue weighted by molar-refractivity contribution is -0.121. The lowest BCUT2D eigenvalue weighted by Gasteiger charge is -2.17. The van der Waals surface area contributed by atoms with Crippen molar-refractivity contribution in [1.82, 2.24) is 5.01 Å². The monoisotopic (exact) mass is 344 g/mol. The first kappa shape index (κ1) is 15.7. The number of carbonyl (C=O) groups excluding carboxylic acids is 1. The molecule has 1 fully saturated rings. The van der Waals surface area contributed by atoms with Crippen LogP contribution in [0.3, 0.4) is 0 Å². The number of benzene rings is 2. The minimum Gasteiger partial charge on any atom is -0.290 e. The van der Waals surface area contributed by atoms with Gasteiger partial charge in [0.25, 0.3) is 5.91 Å². The van der Waals surface area contributed by atoms with Crippen LogP contribution in [0.2, 0.25) is 0 Å². The predicted octanol–water partition coefficient (Wildman–Crippen LogP) is 4.36. The number of thioether (sulfide) groups is 1. The molecule has 2 aromatic rings. The van der Waals surface area contributed by atoms with Gasteiger partial charge in [0.15, 0.2) is 4.32 Å². The summed E-state index contributed by atoms with van der Waals surface area (Å²) in [5, 5.41) is 1.30. The van der Waals surface area contributed by atoms with Crippen molar-refractivity contribution < 1.29 is 9.18 Å². The van der Waals surface area contributed by atoms with E-state index in [9.17, 15) is 9.18 Å². The lowest BCUT2D eigenvalue weighted by atomic mass is 10.2. The van der Waals surface area contributed by atoms with Crippen molar-refractivity contribution in [2.75, 3.05) is 5.43 Å². The number of anilines is 1. The minimum atomic E-state index is -0.371. The third kappa shape index (κ3) is 3.43. The number of thiocarbonyl (C=S) groups is 1. The summed E-state index contributed by atoms with van der Waals surface area (Å²) in [6.07, 6.45) is 1.52. The van der Waals surface area contributed by atoms with Crippen LogP contribution in [-0.2, 0) is 4.79 Å². The number of carbonyl (C=O) groups is 1. The number of halogens is 1. The zero-order chi connectivity index (χ0) is 16.4. The van der Waals surface area contributed by atoms with Crippen LogP contribution in [0, 0.1) is 12.7 Å². The average molecular weight is 344 g/mol. The van der Waals surface area contributed by atoms with E-state index in [2.05, 4.69) is 5.43 Å². The largest absolute Gasteiger partial charge is 0.290 e. The van der Waals surface area contributed by atoms with Crippen LogP contribution in [0.4, 0.5) is 10.1 Å². The van der Waals surface area contributed by atoms with Crippen LogP contribution in [0.5, 0.6) is 0 Å². The molecule has 1 aliphatic rings. The fourth-order valence-electron chi connectivity index (χ4n) is 2.05. The van der Waals surface area contributed by atoms with Crippen molar-refractivity contribution in [1.29, 1.82) is 0 Å². The maximum absolute atomic E-state index is 13.7. The van der Waals surface area contributed by atoms with E-state index in [0.29, 0.717) is 14.8 Å². The van der Waals surface area contributed by atoms with Gasteiger partial charge in [-0.1, -0.05) is 47.7 Å². The molecule has 0 atom stereocenters. The van der Waals surface area contributed by atoms with Crippen LogP contribution in [-0.4, -0.2) is 15.2 Å². The number of nitrogens with zero attached hydrogens (tertiary/aromatic N) is 1. The molecule has 0 spiro atoms. The van der Waals surface area contributed by atoms with E-state index in [1.54, 1.807) is 18.2 Å². The standard InChI is InChI=1S/C17H13FN2OS2/c1-11-6-8-13(9-7-11)19-20-16(21)15(23-17(20)22)10-12-4-2-3-5-14(12)18/h2-10,19H,1H3/b15-10+. The highest BCUT2D eigenvalue weighted by molar-refractivity contribution is 8.26. The summed E-state index contributed by atoms with van der Waals surface area (Å²) >= 11 is 6.39. The first-order chi connectivity index (χ1) is 11.0. The second kappa shape index (κ2) is 6.52. The molecule has 3 nitrogen and oxygen atoms in total. The molecule has 0 aromatic heterocycles. The highest BCUT2D eigenvalue weighted by Crippen LogP contribution is 2.33. The Morgan fingerprint density at radius 3 is 2.57 bits per heavy atom. The Kier molecular flexibility index (Phi) is 4.45. The Labute approximate surface area is 143 Å². The van der Waals surface area contributed by atoms with E-state index in [1.165, 1.54) is 17.2 Å². The molecule has 0 radical (unpaired) electrons. The summed E-state index contributed by atoms with van der Waals surface area (Å²) in [5.41, 5.74) is 5.24. The molecule has 23 heavy (non-hydrogen) atoms. The zero-order valence-corrected chi connectivity index (χ0v) is 13.9. The molecule has 0 aliphatic carbocycles. The van der Waals surface area contributed by atoms with E-state index in [1.807, 2.05) is 31.2 Å². The smallest absolute Gasteiger partial charge is 0.285 e. The molecule has 116 valence electrons. The molecule has 0 bridgehead atoms. The van der Waals surface area contributed by atoms with Crippen molar-refractivity contribution in [2.45, 2.75) is 6.92 Å². The first-order valence-corrected chi connectivity index (χ1v) is 8.13. The van der Waals surface area contributed by atoms with Gasteiger partial charge in [-0.3, -0.25) is 10.2 Å². The minimum absolute atomic E-state index is 0.288. The van der Waals surface area contributed by atoms with Gasteiger partial charge >= 0.3 is 0 Å². The number of hydrazine groups is 1. The molecule has 0 saturated carbocycles. The van der Waals surface area contributed by atoms with Gasteiger partial charge in [-0.05, 0) is 43.4 Å². The molecular weight excluding hydrogens is 331 g/mol. The quantitative estimate of drug-likeness (QED) is 0.662. The van der Waals surface area contributed by atoms with Crippen LogP contribution >= 0.6 is 24.0 Å². The molecule has 1 amide bonds. The van der Waals surface area contributed by atoms with E-state index >= 15 is 0 Å². The summed E-state index contributed by atoms with van der Waals surface area (Å²) in [5.74, 6) is -0.659. The van der Waals surface area contributed by atoms with Crippen LogP contribution in [0.15, 0.2) is 53.4 Å². The Bertz CT molecular complexity index is 802. The molecule has 0 unspecified atom stereocenters. The fourth-order valence-corrected chi connectivity index (χ4v) is 3.23. The van der Waals surface area contributed by atoms with E-state index in [0.717, 1.165) is 23.0 Å². The summed E-state index contributed by atoms with van der Waals surface area (Å²) in [4.78, 5) is 12.9. The van der Waals surface area contributed by atoms with Crippen molar-refractivity contribution in [3.8, 4) is 0 Å². The Hall–Kier alpha value is -2.18. The SMILES string of the molecule is Cc1ccc(NN2C(=O)/C(=C\c3ccccc3F)SC2=S)cc1. The van der Waals surface area contributed by atoms with Crippen LogP contribution in [0.1, 0.15) is 11.1 Å². The fraction of sp³-hybridized carbons (Fsp3) is 0.0588. The lowest BCUT2D eigenvalue weighted by Crippen LogP contribution is -2.33. The highest BCUT2D eigenvalue weighted by Gasteiger charge is 2.32. The third-order valence-corrected chi connectivity index (χ3v) is 4.58. The van der Waals surface area contributed by atoms with Crippen molar-refractivity contribution >= 4 is 46.0 Å². The first-order valence-electron chi connectivity index (χ1n) is 6.90. The molecule has 3 rings (SSSR count). The topological polar surface area (TPSA) is 32.3 Å². The molecule has 1 N–H and O–H groups in total. The van der Waals surface area contributed by atoms with Gasteiger partial charge in [-0.2, -0.15) is 0 Å². The van der Waals surface area contributed by atoms with Crippen molar-refractivity contribution in [3.05, 3.63) is 70.4 Å². The van der Waals surface area contributed by atoms with E-state index in [-0.39, 0.29) is 11.7 Å². The molecular formula is C17H13FN2OS2. The second-order valence-corrected chi connectivity index (χ2v) is 6.69. The number of rotatable bonds is 3. The van der Waals surface area contributed by atoms with Gasteiger partial charge in [-0.25, -0.2) is 9.40 Å². The van der Waals surface area contributed by atoms with Crippen LogP contribution < -0.4 is 5.43 Å². The summed E-state index contributed by atoms with van der Waals surface area (Å²) in [6, 6.07) is 13.9. The average Bonchev–Trinajstić information content (AvgIpc) is 2.79. The van der Waals surface area contributed by atoms with E-state index < -0.39 is 0 Å². The molecule has 2 aromatic carbocycles. The molecule has 1 aliphatic heterocycles. The molecule has 1 heterocycles. The normalized spacial score (nSPS) is 16.3. The maximum atomic E-state index is 13.7. The second-order valence-electron chi connectivity index (χ2n) is 5.02. The number of hydrogen-bond donors (Lipinski definition) is 1. The Morgan fingerprint density at radius 1 is 1.17 bits per heavy atom. The predicted molar refractivity (Wildman–Crippen MR) is 96.2 cm³/mol. The number of hydrogen-bond acceptors (Lipinski definition) is 4. The summed E-state index contributed by atoms with van der Waals surface area (Å²) < 4.78 is 14.1. The highest BCUT2D eigenvalue weighted by atomic mass is 32.2. The zero-order valence-electron chi connectivity index (χ0n) is 12.2. The Morgan fingerprint density at radius 2 is 1.87 bits per heavy atom. The van der Waals surface area contributed by atoms with Gasteiger partial charge in [0.05, 0.1) is 10.6 Å².